The van der Waals surface area contributed by atoms with E-state index in [0.29, 0.717) is 6.54 Å². The fourth-order valence-corrected chi connectivity index (χ4v) is 1.65. The SMILES string of the molecule is O=C1NCc2cc(C=CCS)ccc21. The molecule has 1 aromatic carbocycles. The van der Waals surface area contributed by atoms with Crippen molar-refractivity contribution < 1.29 is 4.79 Å². The van der Waals surface area contributed by atoms with E-state index in [2.05, 4.69) is 17.9 Å². The van der Waals surface area contributed by atoms with Crippen LogP contribution in [-0.2, 0) is 6.54 Å². The van der Waals surface area contributed by atoms with Crippen LogP contribution in [0, 0.1) is 0 Å². The summed E-state index contributed by atoms with van der Waals surface area (Å²) in [5.41, 5.74) is 3.00. The van der Waals surface area contributed by atoms with Gasteiger partial charge in [0.2, 0.25) is 0 Å². The first-order valence-electron chi connectivity index (χ1n) is 4.50. The lowest BCUT2D eigenvalue weighted by atomic mass is 10.1. The van der Waals surface area contributed by atoms with Gasteiger partial charge in [-0.25, -0.2) is 0 Å². The molecule has 1 aliphatic rings. The van der Waals surface area contributed by atoms with E-state index in [9.17, 15) is 4.79 Å². The first-order valence-corrected chi connectivity index (χ1v) is 5.13. The van der Waals surface area contributed by atoms with E-state index in [1.54, 1.807) is 0 Å². The molecule has 1 amide bonds. The van der Waals surface area contributed by atoms with Gasteiger partial charge in [0.05, 0.1) is 0 Å². The maximum absolute atomic E-state index is 11.2. The fraction of sp³-hybridized carbons (Fsp3) is 0.182. The van der Waals surface area contributed by atoms with Gasteiger partial charge in [0.1, 0.15) is 0 Å². The number of fused-ring (bicyclic) bond motifs is 1. The maximum atomic E-state index is 11.2. The first-order chi connectivity index (χ1) is 6.81. The lowest BCUT2D eigenvalue weighted by Gasteiger charge is -1.97. The van der Waals surface area contributed by atoms with Crippen molar-refractivity contribution in [3.63, 3.8) is 0 Å². The van der Waals surface area contributed by atoms with E-state index < -0.39 is 0 Å². The number of thiol groups is 1. The van der Waals surface area contributed by atoms with Crippen LogP contribution in [0.2, 0.25) is 0 Å². The zero-order valence-electron chi connectivity index (χ0n) is 7.66. The summed E-state index contributed by atoms with van der Waals surface area (Å²) in [6.07, 6.45) is 3.99. The second-order valence-corrected chi connectivity index (χ2v) is 3.55. The molecule has 1 N–H and O–H groups in total. The Kier molecular flexibility index (Phi) is 2.59. The lowest BCUT2D eigenvalue weighted by Crippen LogP contribution is -2.12. The van der Waals surface area contributed by atoms with Crippen molar-refractivity contribution in [3.8, 4) is 0 Å². The van der Waals surface area contributed by atoms with Gasteiger partial charge in [0.15, 0.2) is 0 Å². The van der Waals surface area contributed by atoms with Crippen molar-refractivity contribution in [1.82, 2.24) is 5.32 Å². The highest BCUT2D eigenvalue weighted by atomic mass is 32.1. The summed E-state index contributed by atoms with van der Waals surface area (Å²) in [7, 11) is 0. The molecular weight excluding hydrogens is 194 g/mol. The molecule has 0 fully saturated rings. The Labute approximate surface area is 88.4 Å². The van der Waals surface area contributed by atoms with Gasteiger partial charge >= 0.3 is 0 Å². The standard InChI is InChI=1S/C11H11NOS/c13-11-10-4-3-8(2-1-5-14)6-9(10)7-12-11/h1-4,6,14H,5,7H2,(H,12,13). The summed E-state index contributed by atoms with van der Waals surface area (Å²) in [6, 6.07) is 5.85. The molecular formula is C11H11NOS. The van der Waals surface area contributed by atoms with E-state index in [-0.39, 0.29) is 5.91 Å². The van der Waals surface area contributed by atoms with Gasteiger partial charge < -0.3 is 5.32 Å². The second kappa shape index (κ2) is 3.88. The minimum Gasteiger partial charge on any atom is -0.348 e. The number of rotatable bonds is 2. The molecule has 1 heterocycles. The molecule has 1 aliphatic heterocycles. The molecule has 14 heavy (non-hydrogen) atoms. The highest BCUT2D eigenvalue weighted by molar-refractivity contribution is 7.80. The van der Waals surface area contributed by atoms with Gasteiger partial charge in [-0.05, 0) is 23.3 Å². The molecule has 0 unspecified atom stereocenters. The van der Waals surface area contributed by atoms with Crippen molar-refractivity contribution in [2.45, 2.75) is 6.54 Å². The van der Waals surface area contributed by atoms with Crippen LogP contribution < -0.4 is 5.32 Å². The minimum atomic E-state index is 0.0322. The van der Waals surface area contributed by atoms with Gasteiger partial charge in [-0.2, -0.15) is 12.6 Å². The van der Waals surface area contributed by atoms with Gasteiger partial charge in [0.25, 0.3) is 5.91 Å². The Balaban J connectivity index is 2.32. The van der Waals surface area contributed by atoms with Crippen molar-refractivity contribution in [2.75, 3.05) is 5.75 Å². The molecule has 0 bridgehead atoms. The number of nitrogens with one attached hydrogen (secondary N) is 1. The zero-order chi connectivity index (χ0) is 9.97. The van der Waals surface area contributed by atoms with Crippen molar-refractivity contribution in [2.24, 2.45) is 0 Å². The second-order valence-electron chi connectivity index (χ2n) is 3.18. The summed E-state index contributed by atoms with van der Waals surface area (Å²) in [5, 5.41) is 2.79. The van der Waals surface area contributed by atoms with Crippen LogP contribution >= 0.6 is 12.6 Å². The summed E-state index contributed by atoms with van der Waals surface area (Å²) < 4.78 is 0. The van der Waals surface area contributed by atoms with Crippen LogP contribution in [0.4, 0.5) is 0 Å². The number of hydrogen-bond donors (Lipinski definition) is 2. The Hall–Kier alpha value is -1.22. The minimum absolute atomic E-state index is 0.0322. The molecule has 0 saturated heterocycles. The van der Waals surface area contributed by atoms with Gasteiger partial charge in [-0.15, -0.1) is 0 Å². The molecule has 0 saturated carbocycles. The van der Waals surface area contributed by atoms with E-state index >= 15 is 0 Å². The van der Waals surface area contributed by atoms with E-state index in [4.69, 9.17) is 0 Å². The zero-order valence-corrected chi connectivity index (χ0v) is 8.55. The van der Waals surface area contributed by atoms with E-state index in [0.717, 1.165) is 22.4 Å². The van der Waals surface area contributed by atoms with Crippen molar-refractivity contribution >= 4 is 24.6 Å². The Bertz CT molecular complexity index is 398. The average Bonchev–Trinajstić information content (AvgIpc) is 2.57. The number of hydrogen-bond acceptors (Lipinski definition) is 2. The van der Waals surface area contributed by atoms with E-state index in [1.807, 2.05) is 30.4 Å². The molecule has 0 aromatic heterocycles. The molecule has 72 valence electrons. The van der Waals surface area contributed by atoms with E-state index in [1.165, 1.54) is 0 Å². The third-order valence-electron chi connectivity index (χ3n) is 2.23. The highest BCUT2D eigenvalue weighted by Gasteiger charge is 2.17. The third-order valence-corrected chi connectivity index (χ3v) is 2.44. The van der Waals surface area contributed by atoms with Crippen LogP contribution in [0.3, 0.4) is 0 Å². The third kappa shape index (κ3) is 1.68. The molecule has 1 aromatic rings. The Morgan fingerprint density at radius 2 is 2.36 bits per heavy atom. The number of carbonyl (C=O) groups excluding carboxylic acids is 1. The molecule has 2 nitrogen and oxygen atoms in total. The molecule has 3 heteroatoms. The smallest absolute Gasteiger partial charge is 0.251 e. The molecule has 0 radical (unpaired) electrons. The molecule has 0 atom stereocenters. The lowest BCUT2D eigenvalue weighted by molar-refractivity contribution is 0.0966. The predicted molar refractivity (Wildman–Crippen MR) is 60.5 cm³/mol. The van der Waals surface area contributed by atoms with Crippen LogP contribution in [0.5, 0.6) is 0 Å². The quantitative estimate of drug-likeness (QED) is 0.709. The topological polar surface area (TPSA) is 29.1 Å². The van der Waals surface area contributed by atoms with Crippen LogP contribution in [0.25, 0.3) is 6.08 Å². The van der Waals surface area contributed by atoms with Crippen LogP contribution in [0.1, 0.15) is 21.5 Å². The summed E-state index contributed by atoms with van der Waals surface area (Å²) in [6.45, 7) is 0.650. The van der Waals surface area contributed by atoms with Crippen LogP contribution in [-0.4, -0.2) is 11.7 Å². The van der Waals surface area contributed by atoms with Crippen molar-refractivity contribution in [1.29, 1.82) is 0 Å². The number of benzene rings is 1. The number of carbonyl (C=O) groups is 1. The monoisotopic (exact) mass is 205 g/mol. The van der Waals surface area contributed by atoms with Gasteiger partial charge in [-0.1, -0.05) is 18.2 Å². The Morgan fingerprint density at radius 3 is 3.14 bits per heavy atom. The summed E-state index contributed by atoms with van der Waals surface area (Å²) in [4.78, 5) is 11.2. The summed E-state index contributed by atoms with van der Waals surface area (Å²) in [5.74, 6) is 0.763. The fourth-order valence-electron chi connectivity index (χ4n) is 1.54. The van der Waals surface area contributed by atoms with Crippen molar-refractivity contribution in [3.05, 3.63) is 41.0 Å². The largest absolute Gasteiger partial charge is 0.348 e. The molecule has 2 rings (SSSR count). The molecule has 0 aliphatic carbocycles. The summed E-state index contributed by atoms with van der Waals surface area (Å²) >= 11 is 4.09. The maximum Gasteiger partial charge on any atom is 0.251 e. The first kappa shape index (κ1) is 9.34. The normalized spacial score (nSPS) is 14.5. The predicted octanol–water partition coefficient (Wildman–Crippen LogP) is 1.87. The van der Waals surface area contributed by atoms with Crippen LogP contribution in [0.15, 0.2) is 24.3 Å². The van der Waals surface area contributed by atoms with Gasteiger partial charge in [-0.3, -0.25) is 4.79 Å². The average molecular weight is 205 g/mol. The van der Waals surface area contributed by atoms with Gasteiger partial charge in [0, 0.05) is 17.9 Å². The highest BCUT2D eigenvalue weighted by Crippen LogP contribution is 2.17. The number of amides is 1. The molecule has 0 spiro atoms. The Morgan fingerprint density at radius 1 is 1.50 bits per heavy atom.